The highest BCUT2D eigenvalue weighted by Crippen LogP contribution is 2.33. The van der Waals surface area contributed by atoms with Crippen LogP contribution in [0.3, 0.4) is 0 Å². The zero-order chi connectivity index (χ0) is 8.86. The van der Waals surface area contributed by atoms with Crippen molar-refractivity contribution in [2.45, 2.75) is 38.0 Å². The predicted octanol–water partition coefficient (Wildman–Crippen LogP) is 2.79. The summed E-state index contributed by atoms with van der Waals surface area (Å²) in [4.78, 5) is 0.282. The molecular weight excluding hydrogens is 166 g/mol. The lowest BCUT2D eigenvalue weighted by Crippen LogP contribution is -2.34. The molecule has 1 heterocycles. The number of hydrogen-bond donors (Lipinski definition) is 1. The van der Waals surface area contributed by atoms with Gasteiger partial charge in [0, 0.05) is 12.3 Å². The average Bonchev–Trinajstić information content (AvgIpc) is 2.51. The molecule has 1 nitrogen and oxygen atoms in total. The van der Waals surface area contributed by atoms with E-state index in [-0.39, 0.29) is 4.87 Å². The summed E-state index contributed by atoms with van der Waals surface area (Å²) in [6.45, 7) is 5.52. The zero-order valence-corrected chi connectivity index (χ0v) is 8.91. The van der Waals surface area contributed by atoms with Crippen LogP contribution < -0.4 is 5.32 Å². The van der Waals surface area contributed by atoms with Gasteiger partial charge in [-0.15, -0.1) is 11.8 Å². The Bertz CT molecular complexity index is 148. The van der Waals surface area contributed by atoms with Gasteiger partial charge in [-0.2, -0.15) is 0 Å². The van der Waals surface area contributed by atoms with Crippen molar-refractivity contribution >= 4 is 11.8 Å². The van der Waals surface area contributed by atoms with E-state index in [0.29, 0.717) is 0 Å². The molecule has 1 N–H and O–H groups in total. The molecule has 0 aromatic carbocycles. The second kappa shape index (κ2) is 4.93. The van der Waals surface area contributed by atoms with Crippen molar-refractivity contribution in [3.05, 3.63) is 12.2 Å². The quantitative estimate of drug-likeness (QED) is 0.676. The summed E-state index contributed by atoms with van der Waals surface area (Å²) in [5.41, 5.74) is 0. The molecule has 0 aromatic rings. The van der Waals surface area contributed by atoms with Crippen molar-refractivity contribution in [2.75, 3.05) is 12.3 Å². The van der Waals surface area contributed by atoms with Gasteiger partial charge in [-0.1, -0.05) is 31.9 Å². The first-order valence-electron chi connectivity index (χ1n) is 4.86. The molecule has 1 aliphatic rings. The summed E-state index contributed by atoms with van der Waals surface area (Å²) in [5.74, 6) is 1.26. The van der Waals surface area contributed by atoms with Crippen LogP contribution in [0.4, 0.5) is 0 Å². The van der Waals surface area contributed by atoms with Gasteiger partial charge >= 0.3 is 0 Å². The third-order valence-electron chi connectivity index (χ3n) is 2.22. The van der Waals surface area contributed by atoms with Crippen LogP contribution in [0.1, 0.15) is 33.1 Å². The van der Waals surface area contributed by atoms with Crippen LogP contribution in [-0.2, 0) is 0 Å². The fraction of sp³-hybridized carbons (Fsp3) is 0.800. The van der Waals surface area contributed by atoms with Gasteiger partial charge < -0.3 is 0 Å². The first-order valence-corrected chi connectivity index (χ1v) is 5.84. The summed E-state index contributed by atoms with van der Waals surface area (Å²) in [7, 11) is 0. The third kappa shape index (κ3) is 2.53. The molecule has 1 rings (SSSR count). The zero-order valence-electron chi connectivity index (χ0n) is 8.10. The Morgan fingerprint density at radius 2 is 2.42 bits per heavy atom. The second-order valence-electron chi connectivity index (χ2n) is 3.27. The van der Waals surface area contributed by atoms with Crippen LogP contribution in [0.25, 0.3) is 0 Å². The fourth-order valence-corrected chi connectivity index (χ4v) is 2.90. The highest BCUT2D eigenvalue weighted by molar-refractivity contribution is 8.01. The minimum absolute atomic E-state index is 0.282. The van der Waals surface area contributed by atoms with E-state index in [1.165, 1.54) is 31.6 Å². The van der Waals surface area contributed by atoms with E-state index in [4.69, 9.17) is 0 Å². The Labute approximate surface area is 80.0 Å². The molecule has 2 heteroatoms. The molecule has 0 aromatic heterocycles. The van der Waals surface area contributed by atoms with Crippen LogP contribution >= 0.6 is 11.8 Å². The lowest BCUT2D eigenvalue weighted by Gasteiger charge is -2.24. The van der Waals surface area contributed by atoms with Crippen molar-refractivity contribution in [2.24, 2.45) is 0 Å². The average molecular weight is 185 g/mol. The van der Waals surface area contributed by atoms with E-state index in [2.05, 4.69) is 43.1 Å². The molecule has 1 saturated heterocycles. The van der Waals surface area contributed by atoms with E-state index >= 15 is 0 Å². The van der Waals surface area contributed by atoms with E-state index in [0.717, 1.165) is 0 Å². The fourth-order valence-electron chi connectivity index (χ4n) is 1.61. The first-order chi connectivity index (χ1) is 5.83. The van der Waals surface area contributed by atoms with Crippen LogP contribution in [0, 0.1) is 0 Å². The molecule has 0 bridgehead atoms. The lowest BCUT2D eigenvalue weighted by molar-refractivity contribution is 0.528. The molecule has 70 valence electrons. The maximum atomic E-state index is 3.58. The lowest BCUT2D eigenvalue weighted by atomic mass is 10.1. The van der Waals surface area contributed by atoms with Gasteiger partial charge in [0.1, 0.15) is 0 Å². The van der Waals surface area contributed by atoms with Crippen LogP contribution in [0.5, 0.6) is 0 Å². The summed E-state index contributed by atoms with van der Waals surface area (Å²) in [6, 6.07) is 0. The monoisotopic (exact) mass is 185 g/mol. The van der Waals surface area contributed by atoms with Gasteiger partial charge in [0.05, 0.1) is 4.87 Å². The standard InChI is InChI=1S/C10H19NS/c1-3-5-7-10(6-4-2)11-8-9-12-10/h4,6,11H,3,5,7-9H2,1-2H3/b6-4-. The van der Waals surface area contributed by atoms with Crippen molar-refractivity contribution in [1.29, 1.82) is 0 Å². The molecule has 0 aliphatic carbocycles. The van der Waals surface area contributed by atoms with Gasteiger partial charge in [-0.25, -0.2) is 0 Å². The maximum Gasteiger partial charge on any atom is 0.0832 e. The topological polar surface area (TPSA) is 12.0 Å². The molecule has 0 radical (unpaired) electrons. The van der Waals surface area contributed by atoms with Gasteiger partial charge in [-0.05, 0) is 13.3 Å². The van der Waals surface area contributed by atoms with Crippen molar-refractivity contribution in [3.8, 4) is 0 Å². The summed E-state index contributed by atoms with van der Waals surface area (Å²) in [5, 5.41) is 3.58. The van der Waals surface area contributed by atoms with Crippen LogP contribution in [0.2, 0.25) is 0 Å². The van der Waals surface area contributed by atoms with Gasteiger partial charge in [0.15, 0.2) is 0 Å². The minimum atomic E-state index is 0.282. The molecule has 1 atom stereocenters. The van der Waals surface area contributed by atoms with E-state index in [1.807, 2.05) is 0 Å². The number of nitrogens with one attached hydrogen (secondary N) is 1. The van der Waals surface area contributed by atoms with Crippen molar-refractivity contribution < 1.29 is 0 Å². The van der Waals surface area contributed by atoms with Crippen LogP contribution in [-0.4, -0.2) is 17.2 Å². The Morgan fingerprint density at radius 1 is 1.58 bits per heavy atom. The Hall–Kier alpha value is 0.0500. The maximum absolute atomic E-state index is 3.58. The Kier molecular flexibility index (Phi) is 4.16. The van der Waals surface area contributed by atoms with Gasteiger partial charge in [0.25, 0.3) is 0 Å². The largest absolute Gasteiger partial charge is 0.299 e. The summed E-state index contributed by atoms with van der Waals surface area (Å²) in [6.07, 6.45) is 8.38. The minimum Gasteiger partial charge on any atom is -0.299 e. The molecule has 1 unspecified atom stereocenters. The van der Waals surface area contributed by atoms with E-state index in [9.17, 15) is 0 Å². The summed E-state index contributed by atoms with van der Waals surface area (Å²) < 4.78 is 0. The Morgan fingerprint density at radius 3 is 2.92 bits per heavy atom. The molecular formula is C10H19NS. The first kappa shape index (κ1) is 10.1. The van der Waals surface area contributed by atoms with Gasteiger partial charge in [-0.3, -0.25) is 5.32 Å². The molecule has 12 heavy (non-hydrogen) atoms. The van der Waals surface area contributed by atoms with E-state index < -0.39 is 0 Å². The number of hydrogen-bond acceptors (Lipinski definition) is 2. The second-order valence-corrected chi connectivity index (χ2v) is 4.69. The van der Waals surface area contributed by atoms with E-state index in [1.54, 1.807) is 0 Å². The van der Waals surface area contributed by atoms with Crippen LogP contribution in [0.15, 0.2) is 12.2 Å². The molecule has 0 amide bonds. The summed E-state index contributed by atoms with van der Waals surface area (Å²) >= 11 is 2.06. The third-order valence-corrected chi connectivity index (χ3v) is 3.63. The normalized spacial score (nSPS) is 30.2. The number of thioether (sulfide) groups is 1. The SMILES string of the molecule is C/C=C\C1(CCCC)NCCS1. The highest BCUT2D eigenvalue weighted by atomic mass is 32.2. The van der Waals surface area contributed by atoms with Crippen molar-refractivity contribution in [1.82, 2.24) is 5.32 Å². The molecule has 0 spiro atoms. The highest BCUT2D eigenvalue weighted by Gasteiger charge is 2.29. The molecule has 1 aliphatic heterocycles. The smallest absolute Gasteiger partial charge is 0.0832 e. The number of unbranched alkanes of at least 4 members (excludes halogenated alkanes) is 1. The number of allylic oxidation sites excluding steroid dienone is 1. The van der Waals surface area contributed by atoms with Gasteiger partial charge in [0.2, 0.25) is 0 Å². The Balaban J connectivity index is 2.46. The molecule has 0 saturated carbocycles. The van der Waals surface area contributed by atoms with Crippen molar-refractivity contribution in [3.63, 3.8) is 0 Å². The predicted molar refractivity (Wildman–Crippen MR) is 57.5 cm³/mol. The number of rotatable bonds is 4. The molecule has 1 fully saturated rings.